The monoisotopic (exact) mass is 545 g/mol. The van der Waals surface area contributed by atoms with Gasteiger partial charge in [0.1, 0.15) is 0 Å². The van der Waals surface area contributed by atoms with Crippen LogP contribution in [0.3, 0.4) is 0 Å². The number of hydroxylamine groups is 1. The quantitative estimate of drug-likeness (QED) is 0.230. The molecule has 0 radical (unpaired) electrons. The van der Waals surface area contributed by atoms with Crippen molar-refractivity contribution in [1.29, 1.82) is 0 Å². The highest BCUT2D eigenvalue weighted by Crippen LogP contribution is 2.33. The summed E-state index contributed by atoms with van der Waals surface area (Å²) >= 11 is 13.9. The minimum absolute atomic E-state index is 0.0537. The number of benzene rings is 2. The van der Waals surface area contributed by atoms with Gasteiger partial charge in [-0.15, -0.1) is 0 Å². The highest BCUT2D eigenvalue weighted by molar-refractivity contribution is 14.1. The van der Waals surface area contributed by atoms with Crippen LogP contribution in [-0.4, -0.2) is 37.3 Å². The summed E-state index contributed by atoms with van der Waals surface area (Å²) in [4.78, 5) is 17.4. The minimum atomic E-state index is -1.34. The number of carbonyl (C=O) groups excluding carboxylic acids is 1. The van der Waals surface area contributed by atoms with Crippen molar-refractivity contribution < 1.29 is 23.5 Å². The average Bonchev–Trinajstić information content (AvgIpc) is 2.67. The van der Waals surface area contributed by atoms with Crippen molar-refractivity contribution in [3.05, 3.63) is 55.1 Å². The van der Waals surface area contributed by atoms with Crippen LogP contribution >= 0.6 is 45.8 Å². The lowest BCUT2D eigenvalue weighted by atomic mass is 10.1. The fourth-order valence-corrected chi connectivity index (χ4v) is 3.21. The largest absolute Gasteiger partial charge is 0.395 e. The van der Waals surface area contributed by atoms with Crippen LogP contribution in [0.1, 0.15) is 10.4 Å². The first-order chi connectivity index (χ1) is 13.3. The van der Waals surface area contributed by atoms with E-state index in [1.165, 1.54) is 0 Å². The normalized spacial score (nSPS) is 12.0. The van der Waals surface area contributed by atoms with Gasteiger partial charge in [0.15, 0.2) is 11.6 Å². The van der Waals surface area contributed by atoms with E-state index < -0.39 is 34.3 Å². The molecule has 0 fully saturated rings. The van der Waals surface area contributed by atoms with E-state index in [4.69, 9.17) is 33.1 Å². The Morgan fingerprint density at radius 3 is 2.57 bits per heavy atom. The maximum Gasteiger partial charge on any atom is 0.277 e. The number of carbonyl (C=O) groups is 1. The smallest absolute Gasteiger partial charge is 0.277 e. The predicted molar refractivity (Wildman–Crippen MR) is 112 cm³/mol. The van der Waals surface area contributed by atoms with Gasteiger partial charge in [0.05, 0.1) is 46.2 Å². The summed E-state index contributed by atoms with van der Waals surface area (Å²) in [6, 6.07) is 5.44. The van der Waals surface area contributed by atoms with Crippen LogP contribution in [0.15, 0.2) is 24.3 Å². The summed E-state index contributed by atoms with van der Waals surface area (Å²) in [5.74, 6) is -3.51. The first-order valence-electron chi connectivity index (χ1n) is 7.88. The van der Waals surface area contributed by atoms with Gasteiger partial charge < -0.3 is 15.7 Å². The summed E-state index contributed by atoms with van der Waals surface area (Å²) in [6.45, 7) is -0.274. The van der Waals surface area contributed by atoms with Crippen LogP contribution in [0.2, 0.25) is 10.0 Å². The Morgan fingerprint density at radius 2 is 1.96 bits per heavy atom. The SMILES string of the molecule is CN[C@H](CO)CONC(=O)c1cc(Cl)c(F)c(F)c1Nc1ccc(I)cc1Cl. The molecular formula is C17H16Cl2F2IN3O3. The Hall–Kier alpha value is -1.24. The Balaban J connectivity index is 2.31. The molecule has 2 rings (SSSR count). The van der Waals surface area contributed by atoms with Gasteiger partial charge in [-0.3, -0.25) is 9.63 Å². The fraction of sp³-hybridized carbons (Fsp3) is 0.235. The van der Waals surface area contributed by atoms with Crippen molar-refractivity contribution in [3.63, 3.8) is 0 Å². The molecule has 1 amide bonds. The number of aliphatic hydroxyl groups is 1. The molecule has 0 bridgehead atoms. The van der Waals surface area contributed by atoms with Crippen molar-refractivity contribution in [3.8, 4) is 0 Å². The molecule has 0 saturated carbocycles. The number of amides is 1. The molecule has 0 aliphatic carbocycles. The molecule has 4 N–H and O–H groups in total. The van der Waals surface area contributed by atoms with Gasteiger partial charge in [0.2, 0.25) is 0 Å². The molecule has 11 heteroatoms. The molecule has 2 aromatic rings. The summed E-state index contributed by atoms with van der Waals surface area (Å²) in [7, 11) is 1.61. The Morgan fingerprint density at radius 1 is 1.25 bits per heavy atom. The van der Waals surface area contributed by atoms with Crippen LogP contribution in [0.5, 0.6) is 0 Å². The molecule has 0 saturated heterocycles. The molecule has 6 nitrogen and oxygen atoms in total. The summed E-state index contributed by atoms with van der Waals surface area (Å²) in [6.07, 6.45) is 0. The standard InChI is InChI=1S/C17H16Cl2F2IN3O3/c1-23-9(6-26)7-28-25-17(27)10-5-12(19)14(20)15(21)16(10)24-13-3-2-8(22)4-11(13)18/h2-5,9,23-24,26H,6-7H2,1H3,(H,25,27)/t9-/m1/s1. The van der Waals surface area contributed by atoms with E-state index in [1.807, 2.05) is 22.6 Å². The Labute approximate surface area is 183 Å². The third kappa shape index (κ3) is 5.65. The zero-order valence-corrected chi connectivity index (χ0v) is 18.1. The second-order valence-corrected chi connectivity index (χ2v) is 7.63. The number of aliphatic hydroxyl groups excluding tert-OH is 1. The van der Waals surface area contributed by atoms with E-state index in [2.05, 4.69) is 16.1 Å². The maximum absolute atomic E-state index is 14.5. The van der Waals surface area contributed by atoms with Gasteiger partial charge in [-0.05, 0) is 53.9 Å². The molecule has 28 heavy (non-hydrogen) atoms. The van der Waals surface area contributed by atoms with Gasteiger partial charge in [0, 0.05) is 3.57 Å². The number of likely N-dealkylation sites (N-methyl/N-ethyl adjacent to an activating group) is 1. The molecular weight excluding hydrogens is 530 g/mol. The predicted octanol–water partition coefficient (Wildman–Crippen LogP) is 3.86. The summed E-state index contributed by atoms with van der Waals surface area (Å²) < 4.78 is 29.3. The van der Waals surface area contributed by atoms with Gasteiger partial charge in [-0.25, -0.2) is 14.3 Å². The fourth-order valence-electron chi connectivity index (χ4n) is 2.11. The van der Waals surface area contributed by atoms with Crippen molar-refractivity contribution in [2.45, 2.75) is 6.04 Å². The van der Waals surface area contributed by atoms with E-state index in [-0.39, 0.29) is 29.5 Å². The second-order valence-electron chi connectivity index (χ2n) is 5.57. The number of hydrogen-bond donors (Lipinski definition) is 4. The van der Waals surface area contributed by atoms with Crippen molar-refractivity contribution >= 4 is 63.1 Å². The third-order valence-corrected chi connectivity index (χ3v) is 4.93. The zero-order valence-electron chi connectivity index (χ0n) is 14.5. The first kappa shape index (κ1) is 23.0. The lowest BCUT2D eigenvalue weighted by Crippen LogP contribution is -2.37. The summed E-state index contributed by atoms with van der Waals surface area (Å²) in [5, 5.41) is 14.2. The van der Waals surface area contributed by atoms with Crippen LogP contribution < -0.4 is 16.1 Å². The summed E-state index contributed by atoms with van der Waals surface area (Å²) in [5.41, 5.74) is 1.65. The van der Waals surface area contributed by atoms with Crippen LogP contribution in [0.4, 0.5) is 20.2 Å². The highest BCUT2D eigenvalue weighted by atomic mass is 127. The second kappa shape index (κ2) is 10.5. The lowest BCUT2D eigenvalue weighted by Gasteiger charge is -2.17. The molecule has 0 aromatic heterocycles. The third-order valence-electron chi connectivity index (χ3n) is 3.68. The molecule has 2 aromatic carbocycles. The van der Waals surface area contributed by atoms with Crippen LogP contribution in [-0.2, 0) is 4.84 Å². The van der Waals surface area contributed by atoms with Crippen molar-refractivity contribution in [2.75, 3.05) is 25.6 Å². The number of halogens is 5. The van der Waals surface area contributed by atoms with Crippen LogP contribution in [0.25, 0.3) is 0 Å². The number of anilines is 2. The van der Waals surface area contributed by atoms with Crippen molar-refractivity contribution in [2.24, 2.45) is 0 Å². The molecule has 0 heterocycles. The Kier molecular flexibility index (Phi) is 8.65. The number of rotatable bonds is 8. The zero-order chi connectivity index (χ0) is 20.8. The van der Waals surface area contributed by atoms with E-state index in [1.54, 1.807) is 25.2 Å². The maximum atomic E-state index is 14.5. The number of hydrogen-bond acceptors (Lipinski definition) is 5. The Bertz CT molecular complexity index is 870. The van der Waals surface area contributed by atoms with Gasteiger partial charge in [-0.2, -0.15) is 0 Å². The highest BCUT2D eigenvalue weighted by Gasteiger charge is 2.23. The topological polar surface area (TPSA) is 82.6 Å². The van der Waals surface area contributed by atoms with Gasteiger partial charge in [0.25, 0.3) is 5.91 Å². The number of nitrogens with one attached hydrogen (secondary N) is 3. The average molecular weight is 546 g/mol. The molecule has 0 aliphatic rings. The lowest BCUT2D eigenvalue weighted by molar-refractivity contribution is 0.0164. The molecule has 1 atom stereocenters. The molecule has 152 valence electrons. The molecule has 0 aliphatic heterocycles. The van der Waals surface area contributed by atoms with E-state index >= 15 is 0 Å². The van der Waals surface area contributed by atoms with Crippen molar-refractivity contribution in [1.82, 2.24) is 10.8 Å². The van der Waals surface area contributed by atoms with E-state index in [0.29, 0.717) is 0 Å². The molecule has 0 spiro atoms. The molecule has 0 unspecified atom stereocenters. The first-order valence-corrected chi connectivity index (χ1v) is 9.71. The van der Waals surface area contributed by atoms with E-state index in [9.17, 15) is 13.6 Å². The van der Waals surface area contributed by atoms with Crippen LogP contribution in [0, 0.1) is 15.2 Å². The minimum Gasteiger partial charge on any atom is -0.395 e. The van der Waals surface area contributed by atoms with Gasteiger partial charge >= 0.3 is 0 Å². The van der Waals surface area contributed by atoms with Gasteiger partial charge in [-0.1, -0.05) is 23.2 Å². The van der Waals surface area contributed by atoms with E-state index in [0.717, 1.165) is 9.64 Å².